The van der Waals surface area contributed by atoms with Crippen molar-refractivity contribution in [2.24, 2.45) is 0 Å². The molecule has 0 radical (unpaired) electrons. The molecule has 0 atom stereocenters. The normalized spacial score (nSPS) is 11.8. The minimum atomic E-state index is -4.42. The Hall–Kier alpha value is -1.63. The van der Waals surface area contributed by atoms with Gasteiger partial charge in [-0.1, -0.05) is 5.10 Å². The lowest BCUT2D eigenvalue weighted by molar-refractivity contribution is -0.137. The highest BCUT2D eigenvalue weighted by atomic mass is 35.5. The Morgan fingerprint density at radius 2 is 1.94 bits per heavy atom. The van der Waals surface area contributed by atoms with Crippen molar-refractivity contribution >= 4 is 11.6 Å². The maximum atomic E-state index is 12.2. The van der Waals surface area contributed by atoms with E-state index < -0.39 is 11.7 Å². The van der Waals surface area contributed by atoms with Crippen LogP contribution in [0.1, 0.15) is 5.56 Å². The molecule has 0 unspecified atom stereocenters. The number of rotatable bonds is 1. The minimum Gasteiger partial charge on any atom is -0.406 e. The molecule has 16 heavy (non-hydrogen) atoms. The van der Waals surface area contributed by atoms with Crippen molar-refractivity contribution in [1.29, 1.82) is 0 Å². The Balaban J connectivity index is 2.33. The number of nitrogens with zero attached hydrogens (tertiary/aromatic N) is 3. The van der Waals surface area contributed by atoms with Gasteiger partial charge < -0.3 is 4.42 Å². The lowest BCUT2D eigenvalue weighted by atomic mass is 10.2. The molecule has 84 valence electrons. The molecule has 0 aliphatic carbocycles. The maximum Gasteiger partial charge on any atom is 0.417 e. The molecule has 0 amide bonds. The van der Waals surface area contributed by atoms with Crippen LogP contribution in [0.25, 0.3) is 11.6 Å². The molecule has 0 fully saturated rings. The fraction of sp³-hybridized carbons (Fsp3) is 0.125. The van der Waals surface area contributed by atoms with Gasteiger partial charge in [-0.3, -0.25) is 4.98 Å². The van der Waals surface area contributed by atoms with Crippen LogP contribution in [-0.4, -0.2) is 15.2 Å². The lowest BCUT2D eigenvalue weighted by Crippen LogP contribution is -2.05. The van der Waals surface area contributed by atoms with E-state index in [0.717, 1.165) is 12.1 Å². The molecule has 8 heteroatoms. The number of alkyl halides is 3. The van der Waals surface area contributed by atoms with E-state index in [0.29, 0.717) is 6.20 Å². The van der Waals surface area contributed by atoms with Crippen LogP contribution in [0.15, 0.2) is 22.7 Å². The summed E-state index contributed by atoms with van der Waals surface area (Å²) in [5.74, 6) is -0.0290. The van der Waals surface area contributed by atoms with Crippen LogP contribution >= 0.6 is 11.6 Å². The van der Waals surface area contributed by atoms with E-state index >= 15 is 0 Å². The number of hydrogen-bond donors (Lipinski definition) is 0. The first-order valence-electron chi connectivity index (χ1n) is 3.99. The number of halogens is 4. The topological polar surface area (TPSA) is 51.8 Å². The van der Waals surface area contributed by atoms with Crippen LogP contribution in [0.5, 0.6) is 0 Å². The van der Waals surface area contributed by atoms with Gasteiger partial charge in [-0.05, 0) is 23.7 Å². The maximum absolute atomic E-state index is 12.2. The summed E-state index contributed by atoms with van der Waals surface area (Å²) in [4.78, 5) is 3.55. The summed E-state index contributed by atoms with van der Waals surface area (Å²) in [5.41, 5.74) is -0.714. The predicted molar refractivity (Wildman–Crippen MR) is 47.5 cm³/mol. The van der Waals surface area contributed by atoms with Crippen molar-refractivity contribution in [3.8, 4) is 11.6 Å². The van der Waals surface area contributed by atoms with Crippen LogP contribution in [0, 0.1) is 0 Å². The quantitative estimate of drug-likeness (QED) is 0.780. The van der Waals surface area contributed by atoms with Crippen molar-refractivity contribution in [1.82, 2.24) is 15.2 Å². The molecule has 2 aromatic rings. The van der Waals surface area contributed by atoms with E-state index in [4.69, 9.17) is 16.0 Å². The summed E-state index contributed by atoms with van der Waals surface area (Å²) < 4.78 is 41.4. The summed E-state index contributed by atoms with van der Waals surface area (Å²) >= 11 is 5.37. The van der Waals surface area contributed by atoms with Gasteiger partial charge in [0.2, 0.25) is 0 Å². The van der Waals surface area contributed by atoms with Crippen molar-refractivity contribution in [2.45, 2.75) is 6.18 Å². The van der Waals surface area contributed by atoms with Crippen LogP contribution < -0.4 is 0 Å². The van der Waals surface area contributed by atoms with Crippen LogP contribution in [-0.2, 0) is 6.18 Å². The second-order valence-corrected chi connectivity index (χ2v) is 3.11. The lowest BCUT2D eigenvalue weighted by Gasteiger charge is -2.05. The summed E-state index contributed by atoms with van der Waals surface area (Å²) in [5, 5.41) is 6.64. The number of hydrogen-bond acceptors (Lipinski definition) is 4. The highest BCUT2D eigenvalue weighted by molar-refractivity contribution is 6.27. The SMILES string of the molecule is FC(F)(F)c1ccc(-c2nnc(Cl)o2)nc1. The predicted octanol–water partition coefficient (Wildman–Crippen LogP) is 2.80. The standard InChI is InChI=1S/C8H3ClF3N3O/c9-7-15-14-6(16-7)5-2-1-4(3-13-5)8(10,11)12/h1-3H. The summed E-state index contributed by atoms with van der Waals surface area (Å²) in [6.07, 6.45) is -3.73. The van der Waals surface area contributed by atoms with Gasteiger partial charge in [-0.25, -0.2) is 0 Å². The van der Waals surface area contributed by atoms with Crippen molar-refractivity contribution in [3.63, 3.8) is 0 Å². The first-order chi connectivity index (χ1) is 7.47. The van der Waals surface area contributed by atoms with E-state index in [1.165, 1.54) is 0 Å². The molecular formula is C8H3ClF3N3O. The van der Waals surface area contributed by atoms with E-state index in [1.54, 1.807) is 0 Å². The molecule has 4 nitrogen and oxygen atoms in total. The third-order valence-electron chi connectivity index (χ3n) is 1.71. The molecule has 2 aromatic heterocycles. The zero-order chi connectivity index (χ0) is 11.8. The number of aromatic nitrogens is 3. The van der Waals surface area contributed by atoms with Gasteiger partial charge in [0.15, 0.2) is 0 Å². The fourth-order valence-corrected chi connectivity index (χ4v) is 1.11. The van der Waals surface area contributed by atoms with Gasteiger partial charge in [0.25, 0.3) is 5.89 Å². The molecule has 0 spiro atoms. The first kappa shape index (κ1) is 10.9. The zero-order valence-electron chi connectivity index (χ0n) is 7.49. The molecule has 0 aliphatic heterocycles. The molecule has 2 heterocycles. The fourth-order valence-electron chi connectivity index (χ4n) is 0.997. The zero-order valence-corrected chi connectivity index (χ0v) is 8.25. The highest BCUT2D eigenvalue weighted by Crippen LogP contribution is 2.29. The molecular weight excluding hydrogens is 247 g/mol. The molecule has 0 aromatic carbocycles. The Morgan fingerprint density at radius 3 is 2.38 bits per heavy atom. The smallest absolute Gasteiger partial charge is 0.406 e. The second-order valence-electron chi connectivity index (χ2n) is 2.79. The summed E-state index contributed by atoms with van der Waals surface area (Å²) in [6.45, 7) is 0. The van der Waals surface area contributed by atoms with Gasteiger partial charge >= 0.3 is 11.5 Å². The number of pyridine rings is 1. The molecule has 0 N–H and O–H groups in total. The Morgan fingerprint density at radius 1 is 1.19 bits per heavy atom. The van der Waals surface area contributed by atoms with E-state index in [1.807, 2.05) is 0 Å². The average Bonchev–Trinajstić information content (AvgIpc) is 2.64. The summed E-state index contributed by atoms with van der Waals surface area (Å²) in [7, 11) is 0. The molecule has 0 saturated carbocycles. The Bertz CT molecular complexity index is 494. The Labute approximate surface area is 92.1 Å². The van der Waals surface area contributed by atoms with Crippen LogP contribution in [0.2, 0.25) is 5.35 Å². The summed E-state index contributed by atoms with van der Waals surface area (Å²) in [6, 6.07) is 2.01. The second kappa shape index (κ2) is 3.75. The van der Waals surface area contributed by atoms with Gasteiger partial charge in [-0.2, -0.15) is 13.2 Å². The molecule has 0 bridgehead atoms. The van der Waals surface area contributed by atoms with Crippen molar-refractivity contribution < 1.29 is 17.6 Å². The third-order valence-corrected chi connectivity index (χ3v) is 1.86. The largest absolute Gasteiger partial charge is 0.417 e. The molecule has 2 rings (SSSR count). The van der Waals surface area contributed by atoms with Crippen LogP contribution in [0.3, 0.4) is 0 Å². The van der Waals surface area contributed by atoms with Gasteiger partial charge in [0.1, 0.15) is 5.69 Å². The van der Waals surface area contributed by atoms with Crippen molar-refractivity contribution in [2.75, 3.05) is 0 Å². The third kappa shape index (κ3) is 2.13. The van der Waals surface area contributed by atoms with E-state index in [2.05, 4.69) is 15.2 Å². The van der Waals surface area contributed by atoms with Crippen molar-refractivity contribution in [3.05, 3.63) is 29.2 Å². The Kier molecular flexibility index (Phi) is 2.55. The monoisotopic (exact) mass is 249 g/mol. The van der Waals surface area contributed by atoms with Crippen LogP contribution in [0.4, 0.5) is 13.2 Å². The van der Waals surface area contributed by atoms with Gasteiger partial charge in [-0.15, -0.1) is 5.10 Å². The van der Waals surface area contributed by atoms with E-state index in [-0.39, 0.29) is 16.9 Å². The average molecular weight is 250 g/mol. The molecule has 0 aliphatic rings. The van der Waals surface area contributed by atoms with E-state index in [9.17, 15) is 13.2 Å². The highest BCUT2D eigenvalue weighted by Gasteiger charge is 2.30. The first-order valence-corrected chi connectivity index (χ1v) is 4.37. The molecule has 0 saturated heterocycles. The van der Waals surface area contributed by atoms with Gasteiger partial charge in [0, 0.05) is 6.20 Å². The minimum absolute atomic E-state index is 0.0290. The van der Waals surface area contributed by atoms with Gasteiger partial charge in [0.05, 0.1) is 5.56 Å².